The number of benzene rings is 10. The Morgan fingerprint density at radius 1 is 0.339 bits per heavy atom. The number of rotatable bonds is 5. The Balaban J connectivity index is 1.17. The molecule has 3 aromatic heterocycles. The van der Waals surface area contributed by atoms with Crippen LogP contribution in [-0.2, 0) is 0 Å². The minimum Gasteiger partial charge on any atom is -0.456 e. The lowest BCUT2D eigenvalue weighted by Crippen LogP contribution is -2.03. The maximum Gasteiger partial charge on any atom is 0.164 e. The molecule has 3 heterocycles. The van der Waals surface area contributed by atoms with Crippen LogP contribution < -0.4 is 0 Å². The highest BCUT2D eigenvalue weighted by Gasteiger charge is 2.24. The van der Waals surface area contributed by atoms with Gasteiger partial charge in [0, 0.05) is 49.5 Å². The number of nitrogens with zero attached hydrogens (tertiary/aromatic N) is 4. The highest BCUT2D eigenvalue weighted by Crippen LogP contribution is 2.46. The van der Waals surface area contributed by atoms with Gasteiger partial charge >= 0.3 is 0 Å². The average Bonchev–Trinajstić information content (AvgIpc) is 3.87. The molecule has 5 nitrogen and oxygen atoms in total. The number of hydrogen-bond acceptors (Lipinski definition) is 4. The SMILES string of the molecule is c1ccc(-c2nc(-c3ccc(-n4c5ccccc5c5cc6ccccc6cc54)cc3-c3c4ccccc4cc4oc5ccccc5c34)nc(-c3cccc4ccccc34)n2)cc1. The highest BCUT2D eigenvalue weighted by molar-refractivity contribution is 6.22. The zero-order chi connectivity index (χ0) is 40.7. The maximum atomic E-state index is 6.68. The van der Waals surface area contributed by atoms with Crippen LogP contribution >= 0.6 is 0 Å². The lowest BCUT2D eigenvalue weighted by molar-refractivity contribution is 0.669. The van der Waals surface area contributed by atoms with E-state index in [0.29, 0.717) is 17.5 Å². The van der Waals surface area contributed by atoms with Gasteiger partial charge in [-0.15, -0.1) is 0 Å². The van der Waals surface area contributed by atoms with Crippen molar-refractivity contribution in [2.24, 2.45) is 0 Å². The normalized spacial score (nSPS) is 11.9. The van der Waals surface area contributed by atoms with Crippen LogP contribution in [0.4, 0.5) is 0 Å². The minimum absolute atomic E-state index is 0.588. The molecule has 0 amide bonds. The Kier molecular flexibility index (Phi) is 7.54. The summed E-state index contributed by atoms with van der Waals surface area (Å²) in [5.74, 6) is 1.82. The molecular formula is C57H34N4O. The van der Waals surface area contributed by atoms with Crippen molar-refractivity contribution in [2.75, 3.05) is 0 Å². The van der Waals surface area contributed by atoms with E-state index in [1.165, 1.54) is 21.5 Å². The molecule has 0 N–H and O–H groups in total. The molecule has 10 aromatic carbocycles. The van der Waals surface area contributed by atoms with E-state index in [2.05, 4.69) is 187 Å². The van der Waals surface area contributed by atoms with Gasteiger partial charge in [-0.05, 0) is 86.4 Å². The second-order valence-corrected chi connectivity index (χ2v) is 15.9. The van der Waals surface area contributed by atoms with Crippen molar-refractivity contribution in [3.05, 3.63) is 206 Å². The third-order valence-electron chi connectivity index (χ3n) is 12.4. The van der Waals surface area contributed by atoms with Crippen molar-refractivity contribution in [2.45, 2.75) is 0 Å². The summed E-state index contributed by atoms with van der Waals surface area (Å²) >= 11 is 0. The van der Waals surface area contributed by atoms with E-state index in [1.807, 2.05) is 24.3 Å². The minimum atomic E-state index is 0.588. The van der Waals surface area contributed by atoms with E-state index < -0.39 is 0 Å². The van der Waals surface area contributed by atoms with Crippen molar-refractivity contribution >= 4 is 76.1 Å². The number of hydrogen-bond donors (Lipinski definition) is 0. The number of para-hydroxylation sites is 2. The Morgan fingerprint density at radius 3 is 1.81 bits per heavy atom. The van der Waals surface area contributed by atoms with Crippen molar-refractivity contribution in [1.82, 2.24) is 19.5 Å². The number of fused-ring (bicyclic) bond motifs is 9. The summed E-state index contributed by atoms with van der Waals surface area (Å²) in [5.41, 5.74) is 9.82. The number of aromatic nitrogens is 4. The van der Waals surface area contributed by atoms with Gasteiger partial charge in [0.2, 0.25) is 0 Å². The molecule has 13 rings (SSSR count). The third kappa shape index (κ3) is 5.32. The summed E-state index contributed by atoms with van der Waals surface area (Å²) in [7, 11) is 0. The van der Waals surface area contributed by atoms with Gasteiger partial charge in [0.05, 0.1) is 11.0 Å². The van der Waals surface area contributed by atoms with E-state index in [4.69, 9.17) is 19.4 Å². The molecule has 0 unspecified atom stereocenters. The van der Waals surface area contributed by atoms with Crippen LogP contribution in [0, 0.1) is 0 Å². The van der Waals surface area contributed by atoms with Gasteiger partial charge in [-0.25, -0.2) is 15.0 Å². The monoisotopic (exact) mass is 790 g/mol. The molecule has 288 valence electrons. The molecule has 0 saturated carbocycles. The Morgan fingerprint density at radius 2 is 0.968 bits per heavy atom. The average molecular weight is 791 g/mol. The summed E-state index contributed by atoms with van der Waals surface area (Å²) in [5, 5.41) is 11.4. The van der Waals surface area contributed by atoms with Crippen molar-refractivity contribution in [3.63, 3.8) is 0 Å². The predicted molar refractivity (Wildman–Crippen MR) is 256 cm³/mol. The lowest BCUT2D eigenvalue weighted by atomic mass is 9.90. The Bertz CT molecular complexity index is 3930. The van der Waals surface area contributed by atoms with Gasteiger partial charge in [-0.2, -0.15) is 0 Å². The van der Waals surface area contributed by atoms with E-state index in [1.54, 1.807) is 0 Å². The lowest BCUT2D eigenvalue weighted by Gasteiger charge is -2.18. The molecule has 0 atom stereocenters. The second kappa shape index (κ2) is 13.6. The molecule has 5 heteroatoms. The highest BCUT2D eigenvalue weighted by atomic mass is 16.3. The van der Waals surface area contributed by atoms with Crippen molar-refractivity contribution < 1.29 is 4.42 Å². The van der Waals surface area contributed by atoms with Crippen LogP contribution in [0.3, 0.4) is 0 Å². The molecule has 0 aliphatic carbocycles. The van der Waals surface area contributed by atoms with E-state index in [9.17, 15) is 0 Å². The molecular weight excluding hydrogens is 757 g/mol. The van der Waals surface area contributed by atoms with Crippen LogP contribution in [0.1, 0.15) is 0 Å². The molecule has 0 saturated heterocycles. The first-order valence-electron chi connectivity index (χ1n) is 20.9. The zero-order valence-corrected chi connectivity index (χ0v) is 33.3. The molecule has 0 bridgehead atoms. The molecule has 62 heavy (non-hydrogen) atoms. The van der Waals surface area contributed by atoms with Crippen LogP contribution in [0.5, 0.6) is 0 Å². The van der Waals surface area contributed by atoms with Crippen LogP contribution in [0.25, 0.3) is 127 Å². The van der Waals surface area contributed by atoms with Gasteiger partial charge in [0.15, 0.2) is 17.5 Å². The van der Waals surface area contributed by atoms with Gasteiger partial charge in [-0.3, -0.25) is 0 Å². The summed E-state index contributed by atoms with van der Waals surface area (Å²) in [6.07, 6.45) is 0. The summed E-state index contributed by atoms with van der Waals surface area (Å²) in [6.45, 7) is 0. The molecule has 0 aliphatic heterocycles. The smallest absolute Gasteiger partial charge is 0.164 e. The molecule has 0 aliphatic rings. The first kappa shape index (κ1) is 34.5. The molecule has 13 aromatic rings. The fraction of sp³-hybridized carbons (Fsp3) is 0. The van der Waals surface area contributed by atoms with Gasteiger partial charge in [-0.1, -0.05) is 158 Å². The molecule has 0 spiro atoms. The first-order valence-corrected chi connectivity index (χ1v) is 20.9. The molecule has 0 fully saturated rings. The van der Waals surface area contributed by atoms with Gasteiger partial charge in [0.1, 0.15) is 11.2 Å². The topological polar surface area (TPSA) is 56.7 Å². The van der Waals surface area contributed by atoms with Crippen molar-refractivity contribution in [1.29, 1.82) is 0 Å². The fourth-order valence-electron chi connectivity index (χ4n) is 9.59. The summed E-state index contributed by atoms with van der Waals surface area (Å²) in [4.78, 5) is 16.0. The summed E-state index contributed by atoms with van der Waals surface area (Å²) in [6, 6.07) is 72.8. The second-order valence-electron chi connectivity index (χ2n) is 15.9. The van der Waals surface area contributed by atoms with E-state index in [-0.39, 0.29) is 0 Å². The van der Waals surface area contributed by atoms with E-state index >= 15 is 0 Å². The largest absolute Gasteiger partial charge is 0.456 e. The fourth-order valence-corrected chi connectivity index (χ4v) is 9.59. The third-order valence-corrected chi connectivity index (χ3v) is 12.4. The zero-order valence-electron chi connectivity index (χ0n) is 33.3. The van der Waals surface area contributed by atoms with E-state index in [0.717, 1.165) is 88.0 Å². The number of furan rings is 1. The van der Waals surface area contributed by atoms with Crippen LogP contribution in [-0.4, -0.2) is 19.5 Å². The predicted octanol–water partition coefficient (Wildman–Crippen LogP) is 15.0. The van der Waals surface area contributed by atoms with Crippen LogP contribution in [0.2, 0.25) is 0 Å². The first-order chi connectivity index (χ1) is 30.7. The van der Waals surface area contributed by atoms with Crippen molar-refractivity contribution in [3.8, 4) is 51.0 Å². The maximum absolute atomic E-state index is 6.68. The Labute approximate surface area is 355 Å². The summed E-state index contributed by atoms with van der Waals surface area (Å²) < 4.78 is 9.08. The molecule has 0 radical (unpaired) electrons. The van der Waals surface area contributed by atoms with Gasteiger partial charge in [0.25, 0.3) is 0 Å². The Hall–Kier alpha value is -8.41. The van der Waals surface area contributed by atoms with Crippen LogP contribution in [0.15, 0.2) is 211 Å². The quantitative estimate of drug-likeness (QED) is 0.174. The standard InChI is InChI=1S/C57H34N4O/c1-2-16-36(17-3-1)55-58-56(44-26-14-21-35-15-6-8-22-41(35)44)60-57(59-55)45-30-29-40(61-49-27-12-10-24-43(49)47-31-37-18-4-5-19-38(37)32-50(47)61)34-48(45)53-42-23-9-7-20-39(42)33-52-54(53)46-25-11-13-28-51(46)62-52/h1-34H. The van der Waals surface area contributed by atoms with Gasteiger partial charge < -0.3 is 8.98 Å².